The van der Waals surface area contributed by atoms with Gasteiger partial charge in [0, 0.05) is 24.5 Å². The Morgan fingerprint density at radius 3 is 2.35 bits per heavy atom. The minimum absolute atomic E-state index is 0.152. The number of thiazole rings is 1. The largest absolute Gasteiger partial charge is 0.366 e. The van der Waals surface area contributed by atoms with Crippen molar-refractivity contribution in [2.24, 2.45) is 5.73 Å². The third-order valence-corrected chi connectivity index (χ3v) is 4.59. The molecule has 4 nitrogen and oxygen atoms in total. The van der Waals surface area contributed by atoms with E-state index in [4.69, 9.17) is 15.5 Å². The predicted octanol–water partition coefficient (Wildman–Crippen LogP) is 2.95. The fraction of sp³-hybridized carbons (Fsp3) is 0.800. The van der Waals surface area contributed by atoms with E-state index in [1.165, 1.54) is 10.6 Å². The zero-order valence-corrected chi connectivity index (χ0v) is 14.1. The molecule has 2 N–H and O–H groups in total. The van der Waals surface area contributed by atoms with Crippen LogP contribution in [0.3, 0.4) is 0 Å². The van der Waals surface area contributed by atoms with E-state index in [0.717, 1.165) is 31.1 Å². The molecule has 2 rings (SSSR count). The number of hydrogen-bond acceptors (Lipinski definition) is 5. The van der Waals surface area contributed by atoms with Crippen molar-refractivity contribution in [1.82, 2.24) is 4.98 Å². The molecule has 0 aliphatic carbocycles. The summed E-state index contributed by atoms with van der Waals surface area (Å²) < 4.78 is 6.13. The Hall–Kier alpha value is -0.650. The maximum Gasteiger partial charge on any atom is 0.186 e. The molecule has 0 aromatic carbocycles. The fourth-order valence-electron chi connectivity index (χ4n) is 3.02. The van der Waals surface area contributed by atoms with Gasteiger partial charge >= 0.3 is 0 Å². The molecule has 0 saturated carbocycles. The van der Waals surface area contributed by atoms with Crippen molar-refractivity contribution < 1.29 is 4.74 Å². The van der Waals surface area contributed by atoms with Gasteiger partial charge in [-0.15, -0.1) is 11.3 Å². The number of nitrogens with zero attached hydrogens (tertiary/aromatic N) is 2. The lowest BCUT2D eigenvalue weighted by Crippen LogP contribution is -2.57. The first-order valence-corrected chi connectivity index (χ1v) is 8.22. The summed E-state index contributed by atoms with van der Waals surface area (Å²) in [6.45, 7) is 13.1. The van der Waals surface area contributed by atoms with Crippen molar-refractivity contribution in [2.75, 3.05) is 18.0 Å². The number of ether oxygens (including phenoxy) is 1. The molecule has 1 saturated heterocycles. The summed E-state index contributed by atoms with van der Waals surface area (Å²) in [5.41, 5.74) is 6.73. The summed E-state index contributed by atoms with van der Waals surface area (Å²) in [5, 5.41) is 1.10. The minimum Gasteiger partial charge on any atom is -0.366 e. The van der Waals surface area contributed by atoms with Crippen LogP contribution in [0.15, 0.2) is 0 Å². The molecule has 0 spiro atoms. The van der Waals surface area contributed by atoms with Crippen LogP contribution in [0.5, 0.6) is 0 Å². The topological polar surface area (TPSA) is 51.4 Å². The van der Waals surface area contributed by atoms with E-state index < -0.39 is 0 Å². The Bertz CT molecular complexity index is 452. The van der Waals surface area contributed by atoms with Gasteiger partial charge in [-0.2, -0.15) is 0 Å². The van der Waals surface area contributed by atoms with Crippen molar-refractivity contribution in [3.63, 3.8) is 0 Å². The zero-order valence-electron chi connectivity index (χ0n) is 13.3. The molecule has 114 valence electrons. The van der Waals surface area contributed by atoms with Gasteiger partial charge in [0.1, 0.15) is 0 Å². The molecule has 0 atom stereocenters. The first-order valence-electron chi connectivity index (χ1n) is 7.40. The van der Waals surface area contributed by atoms with Crippen LogP contribution in [0.4, 0.5) is 5.13 Å². The molecule has 20 heavy (non-hydrogen) atoms. The normalized spacial score (nSPS) is 21.2. The molecule has 1 aromatic rings. The number of rotatable bonds is 4. The van der Waals surface area contributed by atoms with Gasteiger partial charge in [0.05, 0.1) is 16.9 Å². The lowest BCUT2D eigenvalue weighted by molar-refractivity contribution is -0.133. The second-order valence-corrected chi connectivity index (χ2v) is 7.86. The average molecular weight is 297 g/mol. The molecule has 1 aliphatic heterocycles. The summed E-state index contributed by atoms with van der Waals surface area (Å²) >= 11 is 1.74. The number of morpholine rings is 1. The Kier molecular flexibility index (Phi) is 4.42. The Labute approximate surface area is 126 Å². The van der Waals surface area contributed by atoms with Gasteiger partial charge < -0.3 is 15.4 Å². The van der Waals surface area contributed by atoms with Gasteiger partial charge in [0.2, 0.25) is 0 Å². The SMILES string of the molecule is CCCc1nc(N2CC(C)(C)OC(C)(C)C2)sc1CN. The van der Waals surface area contributed by atoms with Crippen molar-refractivity contribution in [3.05, 3.63) is 10.6 Å². The van der Waals surface area contributed by atoms with E-state index in [0.29, 0.717) is 6.54 Å². The lowest BCUT2D eigenvalue weighted by atomic mass is 9.99. The van der Waals surface area contributed by atoms with Crippen molar-refractivity contribution >= 4 is 16.5 Å². The highest BCUT2D eigenvalue weighted by Gasteiger charge is 2.39. The molecule has 2 heterocycles. The highest BCUT2D eigenvalue weighted by Crippen LogP contribution is 2.34. The van der Waals surface area contributed by atoms with Crippen LogP contribution >= 0.6 is 11.3 Å². The van der Waals surface area contributed by atoms with E-state index >= 15 is 0 Å². The molecule has 1 fully saturated rings. The van der Waals surface area contributed by atoms with Crippen molar-refractivity contribution in [3.8, 4) is 0 Å². The van der Waals surface area contributed by atoms with Crippen LogP contribution in [0.1, 0.15) is 51.6 Å². The number of aryl methyl sites for hydroxylation is 1. The van der Waals surface area contributed by atoms with Gasteiger partial charge in [-0.3, -0.25) is 0 Å². The van der Waals surface area contributed by atoms with Crippen LogP contribution in [0.2, 0.25) is 0 Å². The molecule has 5 heteroatoms. The maximum absolute atomic E-state index is 6.13. The quantitative estimate of drug-likeness (QED) is 0.928. The highest BCUT2D eigenvalue weighted by atomic mass is 32.1. The van der Waals surface area contributed by atoms with Crippen LogP contribution in [-0.2, 0) is 17.7 Å². The molecule has 0 radical (unpaired) electrons. The van der Waals surface area contributed by atoms with Gasteiger partial charge in [-0.25, -0.2) is 4.98 Å². The van der Waals surface area contributed by atoms with Crippen LogP contribution in [-0.4, -0.2) is 29.3 Å². The summed E-state index contributed by atoms with van der Waals surface area (Å²) in [7, 11) is 0. The third-order valence-electron chi connectivity index (χ3n) is 3.41. The van der Waals surface area contributed by atoms with Gasteiger partial charge in [0.15, 0.2) is 5.13 Å². The van der Waals surface area contributed by atoms with Crippen molar-refractivity contribution in [1.29, 1.82) is 0 Å². The van der Waals surface area contributed by atoms with Gasteiger partial charge in [-0.05, 0) is 34.1 Å². The number of aromatic nitrogens is 1. The number of nitrogens with two attached hydrogens (primary N) is 1. The van der Waals surface area contributed by atoms with Crippen molar-refractivity contribution in [2.45, 2.75) is 65.2 Å². The van der Waals surface area contributed by atoms with Crippen LogP contribution in [0.25, 0.3) is 0 Å². The van der Waals surface area contributed by atoms with Gasteiger partial charge in [-0.1, -0.05) is 13.3 Å². The van der Waals surface area contributed by atoms with E-state index in [1.807, 2.05) is 0 Å². The van der Waals surface area contributed by atoms with Gasteiger partial charge in [0.25, 0.3) is 0 Å². The molecular weight excluding hydrogens is 270 g/mol. The molecule has 1 aromatic heterocycles. The second-order valence-electron chi connectivity index (χ2n) is 6.80. The standard InChI is InChI=1S/C15H27N3OS/c1-6-7-11-12(8-16)20-13(17-11)18-9-14(2,3)19-15(4,5)10-18/h6-10,16H2,1-5H3. The van der Waals surface area contributed by atoms with E-state index in [-0.39, 0.29) is 11.2 Å². The molecule has 1 aliphatic rings. The zero-order chi connectivity index (χ0) is 15.0. The van der Waals surface area contributed by atoms with E-state index in [9.17, 15) is 0 Å². The summed E-state index contributed by atoms with van der Waals surface area (Å²) in [5.74, 6) is 0. The molecule has 0 bridgehead atoms. The molecule has 0 unspecified atom stereocenters. The molecular formula is C15H27N3OS. The maximum atomic E-state index is 6.13. The lowest BCUT2D eigenvalue weighted by Gasteiger charge is -2.47. The summed E-state index contributed by atoms with van der Waals surface area (Å²) in [6.07, 6.45) is 2.12. The Morgan fingerprint density at radius 1 is 1.25 bits per heavy atom. The number of anilines is 1. The Morgan fingerprint density at radius 2 is 1.85 bits per heavy atom. The van der Waals surface area contributed by atoms with E-state index in [1.54, 1.807) is 11.3 Å². The highest BCUT2D eigenvalue weighted by molar-refractivity contribution is 7.15. The summed E-state index contributed by atoms with van der Waals surface area (Å²) in [4.78, 5) is 8.41. The third kappa shape index (κ3) is 3.51. The monoisotopic (exact) mass is 297 g/mol. The van der Waals surface area contributed by atoms with Crippen LogP contribution < -0.4 is 10.6 Å². The van der Waals surface area contributed by atoms with Crippen LogP contribution in [0, 0.1) is 0 Å². The Balaban J connectivity index is 2.26. The average Bonchev–Trinajstić information content (AvgIpc) is 2.68. The van der Waals surface area contributed by atoms with E-state index in [2.05, 4.69) is 39.5 Å². The second kappa shape index (κ2) is 5.62. The predicted molar refractivity (Wildman–Crippen MR) is 85.5 cm³/mol. The first kappa shape index (κ1) is 15.7. The smallest absolute Gasteiger partial charge is 0.186 e. The molecule has 0 amide bonds. The minimum atomic E-state index is -0.152. The fourth-order valence-corrected chi connectivity index (χ4v) is 4.00. The number of hydrogen-bond donors (Lipinski definition) is 1. The first-order chi connectivity index (χ1) is 9.26. The summed E-state index contributed by atoms with van der Waals surface area (Å²) in [6, 6.07) is 0.